The number of hydrogen-bond donors (Lipinski definition) is 5. The van der Waals surface area contributed by atoms with Crippen LogP contribution in [0.5, 0.6) is 5.06 Å². The zero-order chi connectivity index (χ0) is 15.6. The summed E-state index contributed by atoms with van der Waals surface area (Å²) < 4.78 is 0. The number of aromatic hydroxyl groups is 1. The molecule has 2 aromatic heterocycles. The molecule has 0 unspecified atom stereocenters. The first-order chi connectivity index (χ1) is 9.88. The van der Waals surface area contributed by atoms with E-state index in [4.69, 9.17) is 5.73 Å². The number of anilines is 1. The Kier molecular flexibility index (Phi) is 3.80. The van der Waals surface area contributed by atoms with Crippen molar-refractivity contribution in [2.75, 3.05) is 5.73 Å². The van der Waals surface area contributed by atoms with Gasteiger partial charge in [0.1, 0.15) is 5.56 Å². The van der Waals surface area contributed by atoms with Gasteiger partial charge >= 0.3 is 10.8 Å². The molecule has 0 spiro atoms. The lowest BCUT2D eigenvalue weighted by atomic mass is 10.2. The maximum absolute atomic E-state index is 11.6. The summed E-state index contributed by atoms with van der Waals surface area (Å²) in [5, 5.41) is 18.5. The standard InChI is InChI=1S/C9H9N7O4S/c1-2(3-5(17)12-9(20)21-7(3)19)13-15-6(18)4-11-8(10)16-14-4/h19H,1H3,(H,15,18)(H,12,17,20)(H3,10,11,14,16). The van der Waals surface area contributed by atoms with Gasteiger partial charge in [-0.1, -0.05) is 0 Å². The van der Waals surface area contributed by atoms with E-state index in [-0.39, 0.29) is 23.0 Å². The predicted octanol–water partition coefficient (Wildman–Crippen LogP) is -1.64. The Bertz CT molecular complexity index is 833. The second-order valence-electron chi connectivity index (χ2n) is 3.70. The van der Waals surface area contributed by atoms with Crippen LogP contribution in [0, 0.1) is 0 Å². The van der Waals surface area contributed by atoms with Crippen molar-refractivity contribution >= 4 is 28.9 Å². The van der Waals surface area contributed by atoms with Crippen molar-refractivity contribution in [3.05, 3.63) is 31.4 Å². The molecule has 0 fully saturated rings. The number of nitrogens with one attached hydrogen (secondary N) is 3. The van der Waals surface area contributed by atoms with Crippen LogP contribution in [-0.4, -0.2) is 36.9 Å². The number of H-pyrrole nitrogens is 2. The lowest BCUT2D eigenvalue weighted by Gasteiger charge is -2.01. The molecule has 2 aromatic rings. The highest BCUT2D eigenvalue weighted by molar-refractivity contribution is 7.11. The highest BCUT2D eigenvalue weighted by Gasteiger charge is 2.14. The molecule has 12 heteroatoms. The molecule has 0 atom stereocenters. The summed E-state index contributed by atoms with van der Waals surface area (Å²) in [6.07, 6.45) is 0. The molecular formula is C9H9N7O4S. The lowest BCUT2D eigenvalue weighted by molar-refractivity contribution is 0.0945. The van der Waals surface area contributed by atoms with Gasteiger partial charge in [-0.15, -0.1) is 5.10 Å². The van der Waals surface area contributed by atoms with Gasteiger partial charge in [0.25, 0.3) is 5.56 Å². The summed E-state index contributed by atoms with van der Waals surface area (Å²) in [7, 11) is 0. The van der Waals surface area contributed by atoms with Crippen molar-refractivity contribution in [3.63, 3.8) is 0 Å². The number of aromatic amines is 2. The molecule has 0 aliphatic heterocycles. The second-order valence-corrected chi connectivity index (χ2v) is 4.67. The number of nitrogen functional groups attached to an aromatic ring is 1. The van der Waals surface area contributed by atoms with Gasteiger partial charge in [0.2, 0.25) is 11.8 Å². The van der Waals surface area contributed by atoms with Gasteiger partial charge in [0.05, 0.1) is 5.71 Å². The maximum Gasteiger partial charge on any atom is 0.310 e. The molecule has 0 radical (unpaired) electrons. The largest absolute Gasteiger partial charge is 0.499 e. The molecule has 0 bridgehead atoms. The number of hydrogen-bond acceptors (Lipinski definition) is 9. The highest BCUT2D eigenvalue weighted by atomic mass is 32.1. The molecule has 0 aliphatic rings. The van der Waals surface area contributed by atoms with Crippen molar-refractivity contribution in [2.24, 2.45) is 5.10 Å². The van der Waals surface area contributed by atoms with Gasteiger partial charge in [-0.3, -0.25) is 24.5 Å². The van der Waals surface area contributed by atoms with Gasteiger partial charge in [0.15, 0.2) is 5.06 Å². The Hall–Kier alpha value is -3.02. The number of amides is 1. The first kappa shape index (κ1) is 14.4. The van der Waals surface area contributed by atoms with Crippen molar-refractivity contribution in [3.8, 4) is 5.06 Å². The number of rotatable bonds is 3. The number of nitrogens with two attached hydrogens (primary N) is 1. The van der Waals surface area contributed by atoms with E-state index in [1.54, 1.807) is 0 Å². The monoisotopic (exact) mass is 311 g/mol. The van der Waals surface area contributed by atoms with E-state index in [1.165, 1.54) is 6.92 Å². The zero-order valence-corrected chi connectivity index (χ0v) is 11.3. The summed E-state index contributed by atoms with van der Waals surface area (Å²) in [5.41, 5.74) is 6.33. The molecule has 110 valence electrons. The van der Waals surface area contributed by atoms with Crippen LogP contribution in [0.1, 0.15) is 23.1 Å². The minimum Gasteiger partial charge on any atom is -0.499 e. The first-order valence-electron chi connectivity index (χ1n) is 5.37. The Morgan fingerprint density at radius 3 is 2.76 bits per heavy atom. The number of carbonyl (C=O) groups excluding carboxylic acids is 1. The van der Waals surface area contributed by atoms with E-state index in [1.807, 2.05) is 4.98 Å². The molecule has 0 aromatic carbocycles. The summed E-state index contributed by atoms with van der Waals surface area (Å²) in [4.78, 5) is 39.1. The average Bonchev–Trinajstić information content (AvgIpc) is 2.81. The quantitative estimate of drug-likeness (QED) is 0.333. The third kappa shape index (κ3) is 3.11. The van der Waals surface area contributed by atoms with Crippen molar-refractivity contribution in [1.82, 2.24) is 25.6 Å². The molecule has 2 heterocycles. The van der Waals surface area contributed by atoms with E-state index in [0.717, 1.165) is 0 Å². The molecule has 1 amide bonds. The first-order valence-corrected chi connectivity index (χ1v) is 6.19. The lowest BCUT2D eigenvalue weighted by Crippen LogP contribution is -2.25. The van der Waals surface area contributed by atoms with Crippen LogP contribution in [0.3, 0.4) is 0 Å². The highest BCUT2D eigenvalue weighted by Crippen LogP contribution is 2.14. The SMILES string of the molecule is CC(=NNC(=O)c1nc(N)n[nH]1)c1c(O)sc(=O)[nH]c1=O. The molecule has 2 rings (SSSR count). The van der Waals surface area contributed by atoms with Crippen molar-refractivity contribution < 1.29 is 9.90 Å². The van der Waals surface area contributed by atoms with E-state index in [2.05, 4.69) is 25.7 Å². The smallest absolute Gasteiger partial charge is 0.310 e. The van der Waals surface area contributed by atoms with E-state index < -0.39 is 21.4 Å². The van der Waals surface area contributed by atoms with Crippen LogP contribution in [0.4, 0.5) is 5.95 Å². The molecule has 11 nitrogen and oxygen atoms in total. The Morgan fingerprint density at radius 2 is 2.19 bits per heavy atom. The molecule has 21 heavy (non-hydrogen) atoms. The molecule has 6 N–H and O–H groups in total. The van der Waals surface area contributed by atoms with Crippen LogP contribution < -0.4 is 21.6 Å². The van der Waals surface area contributed by atoms with Crippen LogP contribution >= 0.6 is 11.3 Å². The zero-order valence-electron chi connectivity index (χ0n) is 10.5. The molecular weight excluding hydrogens is 302 g/mol. The fourth-order valence-corrected chi connectivity index (χ4v) is 2.02. The van der Waals surface area contributed by atoms with Crippen LogP contribution in [0.2, 0.25) is 0 Å². The van der Waals surface area contributed by atoms with Crippen LogP contribution in [-0.2, 0) is 0 Å². The number of hydrazone groups is 1. The summed E-state index contributed by atoms with van der Waals surface area (Å²) in [6, 6.07) is 0. The Balaban J connectivity index is 2.24. The summed E-state index contributed by atoms with van der Waals surface area (Å²) in [6.45, 7) is 1.37. The summed E-state index contributed by atoms with van der Waals surface area (Å²) >= 11 is 0.441. The topological polar surface area (TPSA) is 179 Å². The van der Waals surface area contributed by atoms with E-state index in [0.29, 0.717) is 11.3 Å². The van der Waals surface area contributed by atoms with Crippen molar-refractivity contribution in [2.45, 2.75) is 6.92 Å². The average molecular weight is 311 g/mol. The fraction of sp³-hybridized carbons (Fsp3) is 0.111. The van der Waals surface area contributed by atoms with Gasteiger partial charge in [-0.2, -0.15) is 10.1 Å². The van der Waals surface area contributed by atoms with E-state index >= 15 is 0 Å². The van der Waals surface area contributed by atoms with Crippen LogP contribution in [0.15, 0.2) is 14.7 Å². The van der Waals surface area contributed by atoms with Gasteiger partial charge in [0, 0.05) is 0 Å². The second kappa shape index (κ2) is 5.54. The van der Waals surface area contributed by atoms with Gasteiger partial charge < -0.3 is 10.8 Å². The van der Waals surface area contributed by atoms with Gasteiger partial charge in [-0.25, -0.2) is 5.43 Å². The van der Waals surface area contributed by atoms with E-state index in [9.17, 15) is 19.5 Å². The third-order valence-corrected chi connectivity index (χ3v) is 2.94. The molecule has 0 aliphatic carbocycles. The number of aromatic nitrogens is 4. The van der Waals surface area contributed by atoms with Crippen molar-refractivity contribution in [1.29, 1.82) is 0 Å². The number of nitrogens with zero attached hydrogens (tertiary/aromatic N) is 3. The van der Waals surface area contributed by atoms with Gasteiger partial charge in [-0.05, 0) is 18.3 Å². The maximum atomic E-state index is 11.6. The minimum atomic E-state index is -0.810. The predicted molar refractivity (Wildman–Crippen MR) is 73.3 cm³/mol. The number of carbonyl (C=O) groups is 1. The normalized spacial score (nSPS) is 11.4. The Labute approximate surface area is 119 Å². The minimum absolute atomic E-state index is 0.00540. The van der Waals surface area contributed by atoms with Crippen LogP contribution in [0.25, 0.3) is 0 Å². The fourth-order valence-electron chi connectivity index (χ4n) is 1.36. The molecule has 0 saturated heterocycles. The molecule has 0 saturated carbocycles. The summed E-state index contributed by atoms with van der Waals surface area (Å²) in [5.74, 6) is -1.01. The Morgan fingerprint density at radius 1 is 1.48 bits per heavy atom. The third-order valence-electron chi connectivity index (χ3n) is 2.25.